The van der Waals surface area contributed by atoms with Gasteiger partial charge in [-0.15, -0.1) is 0 Å². The zero-order chi connectivity index (χ0) is 20.3. The predicted molar refractivity (Wildman–Crippen MR) is 99.6 cm³/mol. The number of nitrogens with zero attached hydrogens (tertiary/aromatic N) is 1. The van der Waals surface area contributed by atoms with Crippen LogP contribution in [0.3, 0.4) is 0 Å². The van der Waals surface area contributed by atoms with E-state index in [-0.39, 0.29) is 23.0 Å². The molecule has 0 aromatic heterocycles. The molecule has 2 aromatic rings. The molecule has 1 unspecified atom stereocenters. The van der Waals surface area contributed by atoms with Gasteiger partial charge in [-0.2, -0.15) is 0 Å². The lowest BCUT2D eigenvalue weighted by Gasteiger charge is -2.14. The number of carbonyl (C=O) groups excluding carboxylic acids is 2. The monoisotopic (exact) mass is 387 g/mol. The van der Waals surface area contributed by atoms with Crippen molar-refractivity contribution in [3.8, 4) is 0 Å². The summed E-state index contributed by atoms with van der Waals surface area (Å²) < 4.78 is 18.7. The van der Waals surface area contributed by atoms with Crippen LogP contribution in [0, 0.1) is 15.9 Å². The van der Waals surface area contributed by atoms with Gasteiger partial charge in [0.2, 0.25) is 0 Å². The summed E-state index contributed by atoms with van der Waals surface area (Å²) in [6.07, 6.45) is 0.654. The molecule has 8 nitrogen and oxygen atoms in total. The number of anilines is 2. The lowest BCUT2D eigenvalue weighted by Crippen LogP contribution is -2.30. The van der Waals surface area contributed by atoms with Crippen LogP contribution in [0.4, 0.5) is 21.5 Å². The zero-order valence-electron chi connectivity index (χ0n) is 15.0. The Morgan fingerprint density at radius 3 is 2.57 bits per heavy atom. The van der Waals surface area contributed by atoms with Gasteiger partial charge in [-0.05, 0) is 44.0 Å². The van der Waals surface area contributed by atoms with Crippen LogP contribution in [0.5, 0.6) is 0 Å². The number of hydrogen-bond donors (Lipinski definition) is 2. The summed E-state index contributed by atoms with van der Waals surface area (Å²) >= 11 is 0. The van der Waals surface area contributed by atoms with Gasteiger partial charge in [0.1, 0.15) is 11.5 Å². The molecule has 2 N–H and O–H groups in total. The van der Waals surface area contributed by atoms with Crippen molar-refractivity contribution in [3.63, 3.8) is 0 Å². The second-order valence-electron chi connectivity index (χ2n) is 6.42. The Balaban J connectivity index is 1.67. The summed E-state index contributed by atoms with van der Waals surface area (Å²) in [7, 11) is 0. The average Bonchev–Trinajstić information content (AvgIpc) is 3.47. The third kappa shape index (κ3) is 4.61. The molecule has 2 aromatic carbocycles. The van der Waals surface area contributed by atoms with E-state index in [0.717, 1.165) is 18.9 Å². The number of halogens is 1. The second kappa shape index (κ2) is 8.03. The highest BCUT2D eigenvalue weighted by atomic mass is 19.1. The molecule has 0 radical (unpaired) electrons. The van der Waals surface area contributed by atoms with E-state index in [1.54, 1.807) is 6.07 Å². The van der Waals surface area contributed by atoms with Crippen LogP contribution in [0.15, 0.2) is 42.5 Å². The molecule has 1 saturated carbocycles. The number of nitro groups is 1. The minimum absolute atomic E-state index is 0.0402. The molecule has 1 fully saturated rings. The van der Waals surface area contributed by atoms with E-state index in [0.29, 0.717) is 5.69 Å². The first kappa shape index (κ1) is 19.3. The average molecular weight is 387 g/mol. The molecule has 0 spiro atoms. The zero-order valence-corrected chi connectivity index (χ0v) is 15.0. The van der Waals surface area contributed by atoms with Gasteiger partial charge in [-0.1, -0.05) is 12.1 Å². The molecule has 1 atom stereocenters. The molecule has 1 aliphatic rings. The van der Waals surface area contributed by atoms with E-state index in [2.05, 4.69) is 10.6 Å². The van der Waals surface area contributed by atoms with Crippen LogP contribution in [0.25, 0.3) is 0 Å². The number of amides is 1. The maximum absolute atomic E-state index is 13.6. The normalized spacial score (nSPS) is 14.1. The molecule has 9 heteroatoms. The lowest BCUT2D eigenvalue weighted by atomic mass is 10.1. The number of ether oxygens (including phenoxy) is 1. The molecule has 146 valence electrons. The third-order valence-electron chi connectivity index (χ3n) is 4.15. The minimum atomic E-state index is -1.23. The molecular formula is C19H18FN3O5. The van der Waals surface area contributed by atoms with E-state index in [9.17, 15) is 24.1 Å². The first-order valence-electron chi connectivity index (χ1n) is 8.66. The van der Waals surface area contributed by atoms with E-state index in [4.69, 9.17) is 4.74 Å². The summed E-state index contributed by atoms with van der Waals surface area (Å²) in [5, 5.41) is 16.6. The number of para-hydroxylation sites is 1. The highest BCUT2D eigenvalue weighted by Gasteiger charge is 2.27. The van der Waals surface area contributed by atoms with E-state index in [1.165, 1.54) is 37.3 Å². The summed E-state index contributed by atoms with van der Waals surface area (Å²) in [4.78, 5) is 35.1. The second-order valence-corrected chi connectivity index (χ2v) is 6.42. The standard InChI is InChI=1S/C19H18FN3O5/c1-11(18(24)22-15-5-3-2-4-14(15)20)28-19(25)12-6-9-16(21-13-7-8-13)17(10-12)23(26)27/h2-6,9-11,13,21H,7-8H2,1H3,(H,22,24). The van der Waals surface area contributed by atoms with Crippen molar-refractivity contribution in [2.45, 2.75) is 31.9 Å². The molecule has 0 heterocycles. The van der Waals surface area contributed by atoms with Crippen LogP contribution >= 0.6 is 0 Å². The van der Waals surface area contributed by atoms with Crippen LogP contribution < -0.4 is 10.6 Å². The molecule has 0 bridgehead atoms. The smallest absolute Gasteiger partial charge is 0.339 e. The fraction of sp³-hybridized carbons (Fsp3) is 0.263. The van der Waals surface area contributed by atoms with Crippen LogP contribution in [0.2, 0.25) is 0 Å². The van der Waals surface area contributed by atoms with Crippen molar-refractivity contribution in [2.75, 3.05) is 10.6 Å². The molecule has 28 heavy (non-hydrogen) atoms. The Bertz CT molecular complexity index is 930. The summed E-state index contributed by atoms with van der Waals surface area (Å²) in [6.45, 7) is 1.32. The summed E-state index contributed by atoms with van der Waals surface area (Å²) in [5.74, 6) is -2.24. The SMILES string of the molecule is CC(OC(=O)c1ccc(NC2CC2)c([N+](=O)[O-])c1)C(=O)Nc1ccccc1F. The molecule has 0 aliphatic heterocycles. The first-order valence-corrected chi connectivity index (χ1v) is 8.66. The predicted octanol–water partition coefficient (Wildman–Crippen LogP) is 3.49. The molecule has 3 rings (SSSR count). The highest BCUT2D eigenvalue weighted by molar-refractivity contribution is 5.97. The van der Waals surface area contributed by atoms with Gasteiger partial charge in [0.15, 0.2) is 6.10 Å². The third-order valence-corrected chi connectivity index (χ3v) is 4.15. The minimum Gasteiger partial charge on any atom is -0.449 e. The highest BCUT2D eigenvalue weighted by Crippen LogP contribution is 2.31. The Kier molecular flexibility index (Phi) is 5.53. The Morgan fingerprint density at radius 2 is 1.93 bits per heavy atom. The van der Waals surface area contributed by atoms with Gasteiger partial charge in [0, 0.05) is 12.1 Å². The Labute approximate surface area is 159 Å². The van der Waals surface area contributed by atoms with Crippen molar-refractivity contribution < 1.29 is 23.6 Å². The molecule has 1 aliphatic carbocycles. The van der Waals surface area contributed by atoms with E-state index >= 15 is 0 Å². The molecule has 0 saturated heterocycles. The molecular weight excluding hydrogens is 369 g/mol. The van der Waals surface area contributed by atoms with Gasteiger partial charge in [0.25, 0.3) is 11.6 Å². The van der Waals surface area contributed by atoms with Crippen LogP contribution in [-0.4, -0.2) is 28.9 Å². The number of nitrogens with one attached hydrogen (secondary N) is 2. The van der Waals surface area contributed by atoms with Gasteiger partial charge in [-0.25, -0.2) is 9.18 Å². The summed E-state index contributed by atoms with van der Waals surface area (Å²) in [5.41, 5.74) is -0.0145. The fourth-order valence-corrected chi connectivity index (χ4v) is 2.46. The Hall–Kier alpha value is -3.49. The lowest BCUT2D eigenvalue weighted by molar-refractivity contribution is -0.384. The summed E-state index contributed by atoms with van der Waals surface area (Å²) in [6, 6.07) is 9.72. The van der Waals surface area contributed by atoms with Gasteiger partial charge in [0.05, 0.1) is 16.2 Å². The van der Waals surface area contributed by atoms with Crippen molar-refractivity contribution in [1.82, 2.24) is 0 Å². The maximum Gasteiger partial charge on any atom is 0.339 e. The number of benzene rings is 2. The van der Waals surface area contributed by atoms with Gasteiger partial charge in [-0.3, -0.25) is 14.9 Å². The number of esters is 1. The van der Waals surface area contributed by atoms with Crippen molar-refractivity contribution >= 4 is 28.9 Å². The van der Waals surface area contributed by atoms with Crippen LogP contribution in [-0.2, 0) is 9.53 Å². The van der Waals surface area contributed by atoms with Gasteiger partial charge >= 0.3 is 5.97 Å². The van der Waals surface area contributed by atoms with Crippen LogP contribution in [0.1, 0.15) is 30.1 Å². The number of hydrogen-bond acceptors (Lipinski definition) is 6. The number of rotatable bonds is 7. The largest absolute Gasteiger partial charge is 0.449 e. The van der Waals surface area contributed by atoms with E-state index in [1.807, 2.05) is 0 Å². The van der Waals surface area contributed by atoms with Crippen molar-refractivity contribution in [2.24, 2.45) is 0 Å². The Morgan fingerprint density at radius 1 is 1.21 bits per heavy atom. The molecule has 1 amide bonds. The maximum atomic E-state index is 13.6. The van der Waals surface area contributed by atoms with Gasteiger partial charge < -0.3 is 15.4 Å². The van der Waals surface area contributed by atoms with Crippen molar-refractivity contribution in [1.29, 1.82) is 0 Å². The number of carbonyl (C=O) groups is 2. The quantitative estimate of drug-likeness (QED) is 0.427. The topological polar surface area (TPSA) is 111 Å². The first-order chi connectivity index (χ1) is 13.3. The van der Waals surface area contributed by atoms with Crippen molar-refractivity contribution in [3.05, 3.63) is 64.0 Å². The fourth-order valence-electron chi connectivity index (χ4n) is 2.46. The number of nitro benzene ring substituents is 1. The van der Waals surface area contributed by atoms with E-state index < -0.39 is 28.7 Å².